The van der Waals surface area contributed by atoms with E-state index < -0.39 is 17.6 Å². The molecule has 3 amide bonds. The molecule has 0 aromatic heterocycles. The van der Waals surface area contributed by atoms with Crippen molar-refractivity contribution in [3.8, 4) is 0 Å². The van der Waals surface area contributed by atoms with Crippen molar-refractivity contribution in [2.45, 2.75) is 0 Å². The van der Waals surface area contributed by atoms with Gasteiger partial charge in [0.05, 0.1) is 23.7 Å². The van der Waals surface area contributed by atoms with E-state index in [-0.39, 0.29) is 42.7 Å². The fourth-order valence-corrected chi connectivity index (χ4v) is 2.62. The SMILES string of the molecule is NCC(=O)NCC(=O)N1CCN(C(=O)c2c(F)cccc2Cl)CC1. The fourth-order valence-electron chi connectivity index (χ4n) is 2.38. The highest BCUT2D eigenvalue weighted by atomic mass is 35.5. The van der Waals surface area contributed by atoms with Gasteiger partial charge in [-0.05, 0) is 12.1 Å². The van der Waals surface area contributed by atoms with Crippen molar-refractivity contribution in [1.82, 2.24) is 15.1 Å². The lowest BCUT2D eigenvalue weighted by atomic mass is 10.1. The molecule has 1 aromatic rings. The predicted molar refractivity (Wildman–Crippen MR) is 86.0 cm³/mol. The number of benzene rings is 1. The van der Waals surface area contributed by atoms with Gasteiger partial charge in [0.2, 0.25) is 11.8 Å². The van der Waals surface area contributed by atoms with Gasteiger partial charge in [0.1, 0.15) is 5.82 Å². The van der Waals surface area contributed by atoms with Crippen LogP contribution < -0.4 is 11.1 Å². The van der Waals surface area contributed by atoms with E-state index in [2.05, 4.69) is 5.32 Å². The Kier molecular flexibility index (Phi) is 6.10. The molecule has 0 saturated carbocycles. The summed E-state index contributed by atoms with van der Waals surface area (Å²) >= 11 is 5.90. The second-order valence-electron chi connectivity index (χ2n) is 5.25. The summed E-state index contributed by atoms with van der Waals surface area (Å²) in [5, 5.41) is 2.46. The number of carbonyl (C=O) groups excluding carboxylic acids is 3. The lowest BCUT2D eigenvalue weighted by molar-refractivity contribution is -0.133. The zero-order chi connectivity index (χ0) is 17.7. The van der Waals surface area contributed by atoms with Crippen molar-refractivity contribution in [1.29, 1.82) is 0 Å². The van der Waals surface area contributed by atoms with E-state index >= 15 is 0 Å². The van der Waals surface area contributed by atoms with Crippen molar-refractivity contribution in [2.75, 3.05) is 39.3 Å². The fraction of sp³-hybridized carbons (Fsp3) is 0.400. The summed E-state index contributed by atoms with van der Waals surface area (Å²) in [5.74, 6) is -1.84. The minimum atomic E-state index is -0.671. The van der Waals surface area contributed by atoms with Crippen molar-refractivity contribution in [3.05, 3.63) is 34.6 Å². The number of nitrogens with one attached hydrogen (secondary N) is 1. The minimum Gasteiger partial charge on any atom is -0.346 e. The Morgan fingerprint density at radius 2 is 1.79 bits per heavy atom. The average Bonchev–Trinajstić information content (AvgIpc) is 2.59. The van der Waals surface area contributed by atoms with Gasteiger partial charge in [0.25, 0.3) is 5.91 Å². The number of nitrogens with two attached hydrogens (primary N) is 1. The maximum atomic E-state index is 13.8. The molecule has 0 spiro atoms. The van der Waals surface area contributed by atoms with Crippen LogP contribution in [-0.4, -0.2) is 66.8 Å². The topological polar surface area (TPSA) is 95.7 Å². The second-order valence-corrected chi connectivity index (χ2v) is 5.66. The first kappa shape index (κ1) is 18.2. The van der Waals surface area contributed by atoms with E-state index in [9.17, 15) is 18.8 Å². The molecule has 1 heterocycles. The van der Waals surface area contributed by atoms with Gasteiger partial charge in [-0.2, -0.15) is 0 Å². The third-order valence-corrected chi connectivity index (χ3v) is 4.03. The zero-order valence-corrected chi connectivity index (χ0v) is 13.7. The molecule has 1 aliphatic rings. The molecular formula is C15H18ClFN4O3. The summed E-state index contributed by atoms with van der Waals surface area (Å²) in [7, 11) is 0. The summed E-state index contributed by atoms with van der Waals surface area (Å²) in [6, 6.07) is 4.07. The molecule has 7 nitrogen and oxygen atoms in total. The normalized spacial score (nSPS) is 14.5. The van der Waals surface area contributed by atoms with E-state index in [0.717, 1.165) is 0 Å². The highest BCUT2D eigenvalue weighted by molar-refractivity contribution is 6.33. The molecule has 3 N–H and O–H groups in total. The van der Waals surface area contributed by atoms with Gasteiger partial charge in [-0.3, -0.25) is 14.4 Å². The van der Waals surface area contributed by atoms with E-state index in [1.54, 1.807) is 0 Å². The maximum absolute atomic E-state index is 13.8. The van der Waals surface area contributed by atoms with Crippen LogP contribution >= 0.6 is 11.6 Å². The molecule has 0 atom stereocenters. The number of nitrogens with zero attached hydrogens (tertiary/aromatic N) is 2. The molecule has 2 rings (SSSR count). The Balaban J connectivity index is 1.92. The van der Waals surface area contributed by atoms with Crippen molar-refractivity contribution < 1.29 is 18.8 Å². The third kappa shape index (κ3) is 4.21. The first-order valence-electron chi connectivity index (χ1n) is 7.42. The molecule has 0 unspecified atom stereocenters. The van der Waals surface area contributed by atoms with Gasteiger partial charge in [0.15, 0.2) is 0 Å². The minimum absolute atomic E-state index is 0.0583. The number of piperazine rings is 1. The molecule has 0 radical (unpaired) electrons. The molecule has 0 bridgehead atoms. The zero-order valence-electron chi connectivity index (χ0n) is 12.9. The lowest BCUT2D eigenvalue weighted by Gasteiger charge is -2.35. The van der Waals surface area contributed by atoms with Gasteiger partial charge in [-0.1, -0.05) is 17.7 Å². The first-order valence-corrected chi connectivity index (χ1v) is 7.79. The average molecular weight is 357 g/mol. The van der Waals surface area contributed by atoms with Crippen LogP contribution in [0.1, 0.15) is 10.4 Å². The van der Waals surface area contributed by atoms with Crippen LogP contribution in [0.3, 0.4) is 0 Å². The number of hydrogen-bond acceptors (Lipinski definition) is 4. The van der Waals surface area contributed by atoms with E-state index in [1.807, 2.05) is 0 Å². The molecule has 1 aromatic carbocycles. The Labute approximate surface area is 143 Å². The number of halogens is 2. The van der Waals surface area contributed by atoms with E-state index in [0.29, 0.717) is 13.1 Å². The largest absolute Gasteiger partial charge is 0.346 e. The van der Waals surface area contributed by atoms with Crippen LogP contribution in [-0.2, 0) is 9.59 Å². The molecule has 9 heteroatoms. The summed E-state index contributed by atoms with van der Waals surface area (Å²) in [4.78, 5) is 38.4. The van der Waals surface area contributed by atoms with Gasteiger partial charge < -0.3 is 20.9 Å². The van der Waals surface area contributed by atoms with Crippen molar-refractivity contribution in [3.63, 3.8) is 0 Å². The quantitative estimate of drug-likeness (QED) is 0.783. The molecule has 0 aliphatic carbocycles. The summed E-state index contributed by atoms with van der Waals surface area (Å²) < 4.78 is 13.8. The van der Waals surface area contributed by atoms with Crippen LogP contribution in [0.2, 0.25) is 5.02 Å². The summed E-state index contributed by atoms with van der Waals surface area (Å²) in [5.41, 5.74) is 4.99. The number of rotatable bonds is 4. The monoisotopic (exact) mass is 356 g/mol. The number of carbonyl (C=O) groups is 3. The Morgan fingerprint density at radius 3 is 2.38 bits per heavy atom. The van der Waals surface area contributed by atoms with Gasteiger partial charge in [-0.25, -0.2) is 4.39 Å². The molecule has 1 fully saturated rings. The number of hydrogen-bond donors (Lipinski definition) is 2. The molecular weight excluding hydrogens is 339 g/mol. The predicted octanol–water partition coefficient (Wildman–Crippen LogP) is -0.162. The van der Waals surface area contributed by atoms with Crippen molar-refractivity contribution >= 4 is 29.3 Å². The highest BCUT2D eigenvalue weighted by Crippen LogP contribution is 2.21. The van der Waals surface area contributed by atoms with Crippen LogP contribution in [0.4, 0.5) is 4.39 Å². The van der Waals surface area contributed by atoms with Gasteiger partial charge >= 0.3 is 0 Å². The Bertz CT molecular complexity index is 627. The maximum Gasteiger partial charge on any atom is 0.258 e. The molecule has 24 heavy (non-hydrogen) atoms. The van der Waals surface area contributed by atoms with Gasteiger partial charge in [-0.15, -0.1) is 0 Å². The Hall–Kier alpha value is -2.19. The lowest BCUT2D eigenvalue weighted by Crippen LogP contribution is -2.53. The molecule has 1 aliphatic heterocycles. The van der Waals surface area contributed by atoms with E-state index in [1.165, 1.54) is 28.0 Å². The first-order chi connectivity index (χ1) is 11.4. The highest BCUT2D eigenvalue weighted by Gasteiger charge is 2.27. The van der Waals surface area contributed by atoms with Crippen molar-refractivity contribution in [2.24, 2.45) is 5.73 Å². The molecule has 130 valence electrons. The summed E-state index contributed by atoms with van der Waals surface area (Å²) in [6.07, 6.45) is 0. The standard InChI is InChI=1S/C15H18ClFN4O3/c16-10-2-1-3-11(17)14(10)15(24)21-6-4-20(5-7-21)13(23)9-19-12(22)8-18/h1-3H,4-9,18H2,(H,19,22). The van der Waals surface area contributed by atoms with Crippen LogP contribution in [0.15, 0.2) is 18.2 Å². The van der Waals surface area contributed by atoms with Crippen LogP contribution in [0.25, 0.3) is 0 Å². The third-order valence-electron chi connectivity index (χ3n) is 3.72. The second kappa shape index (κ2) is 8.07. The molecule has 1 saturated heterocycles. The Morgan fingerprint density at radius 1 is 1.17 bits per heavy atom. The van der Waals surface area contributed by atoms with Crippen LogP contribution in [0, 0.1) is 5.82 Å². The smallest absolute Gasteiger partial charge is 0.258 e. The summed E-state index contributed by atoms with van der Waals surface area (Å²) in [6.45, 7) is 0.812. The van der Waals surface area contributed by atoms with Crippen LogP contribution in [0.5, 0.6) is 0 Å². The van der Waals surface area contributed by atoms with Gasteiger partial charge in [0, 0.05) is 26.2 Å². The number of amides is 3. The van der Waals surface area contributed by atoms with E-state index in [4.69, 9.17) is 17.3 Å².